The van der Waals surface area contributed by atoms with Crippen molar-refractivity contribution in [2.24, 2.45) is 5.92 Å². The molecule has 0 radical (unpaired) electrons. The maximum atomic E-state index is 13.0. The minimum atomic E-state index is -0.248. The van der Waals surface area contributed by atoms with E-state index in [2.05, 4.69) is 5.10 Å². The van der Waals surface area contributed by atoms with Crippen LogP contribution in [-0.2, 0) is 4.79 Å². The third-order valence-electron chi connectivity index (χ3n) is 3.75. The molecule has 0 unspecified atom stereocenters. The predicted octanol–water partition coefficient (Wildman–Crippen LogP) is 2.48. The topological polar surface area (TPSA) is 55.2 Å². The van der Waals surface area contributed by atoms with Gasteiger partial charge in [-0.3, -0.25) is 9.59 Å². The summed E-state index contributed by atoms with van der Waals surface area (Å²) in [5.41, 5.74) is 1.41. The molecule has 23 heavy (non-hydrogen) atoms. The van der Waals surface area contributed by atoms with Crippen molar-refractivity contribution in [1.82, 2.24) is 14.7 Å². The van der Waals surface area contributed by atoms with E-state index >= 15 is 0 Å². The van der Waals surface area contributed by atoms with Crippen LogP contribution in [0.4, 0.5) is 0 Å². The van der Waals surface area contributed by atoms with Gasteiger partial charge >= 0.3 is 0 Å². The fourth-order valence-corrected chi connectivity index (χ4v) is 2.48. The number of rotatable bonds is 6. The van der Waals surface area contributed by atoms with Gasteiger partial charge in [0, 0.05) is 44.2 Å². The summed E-state index contributed by atoms with van der Waals surface area (Å²) < 4.78 is 1.64. The Morgan fingerprint density at radius 3 is 2.57 bits per heavy atom. The molecule has 2 aromatic rings. The summed E-state index contributed by atoms with van der Waals surface area (Å²) in [7, 11) is 3.62. The van der Waals surface area contributed by atoms with Crippen LogP contribution in [0.3, 0.4) is 0 Å². The van der Waals surface area contributed by atoms with Gasteiger partial charge in [0.25, 0.3) is 0 Å². The molecule has 0 spiro atoms. The Labute approximate surface area is 135 Å². The highest BCUT2D eigenvalue weighted by molar-refractivity contribution is 6.28. The molecule has 1 aromatic carbocycles. The second-order valence-corrected chi connectivity index (χ2v) is 5.94. The van der Waals surface area contributed by atoms with Crippen LogP contribution in [0.2, 0.25) is 0 Å². The fraction of sp³-hybridized carbons (Fsp3) is 0.278. The van der Waals surface area contributed by atoms with Crippen molar-refractivity contribution in [3.05, 3.63) is 60.1 Å². The number of carbonyl (C=O) groups is 2. The molecular formula is C18H19N3O2. The van der Waals surface area contributed by atoms with Crippen LogP contribution in [0.25, 0.3) is 5.69 Å². The summed E-state index contributed by atoms with van der Waals surface area (Å²) in [6.45, 7) is 0. The number of allylic oxidation sites excluding steroid dienone is 1. The summed E-state index contributed by atoms with van der Waals surface area (Å²) in [6.07, 6.45) is 6.82. The first kappa shape index (κ1) is 15.2. The minimum absolute atomic E-state index is 0.00187. The lowest BCUT2D eigenvalue weighted by molar-refractivity contribution is -0.116. The van der Waals surface area contributed by atoms with E-state index in [9.17, 15) is 9.59 Å². The number of hydrogen-bond donors (Lipinski definition) is 0. The van der Waals surface area contributed by atoms with Crippen molar-refractivity contribution in [2.75, 3.05) is 14.1 Å². The largest absolute Gasteiger partial charge is 0.383 e. The van der Waals surface area contributed by atoms with Crippen LogP contribution in [0.5, 0.6) is 0 Å². The zero-order valence-electron chi connectivity index (χ0n) is 13.3. The molecule has 1 aliphatic carbocycles. The number of ketones is 2. The quantitative estimate of drug-likeness (QED) is 0.356. The maximum Gasteiger partial charge on any atom is 0.200 e. The van der Waals surface area contributed by atoms with E-state index in [0.29, 0.717) is 11.3 Å². The van der Waals surface area contributed by atoms with Crippen LogP contribution < -0.4 is 0 Å². The fourth-order valence-electron chi connectivity index (χ4n) is 2.48. The Hall–Kier alpha value is -2.69. The van der Waals surface area contributed by atoms with Crippen LogP contribution in [-0.4, -0.2) is 40.3 Å². The van der Waals surface area contributed by atoms with Crippen molar-refractivity contribution < 1.29 is 9.59 Å². The summed E-state index contributed by atoms with van der Waals surface area (Å²) in [4.78, 5) is 27.3. The zero-order chi connectivity index (χ0) is 16.4. The molecule has 0 saturated heterocycles. The molecule has 1 aromatic heterocycles. The normalized spacial score (nSPS) is 14.6. The SMILES string of the molecule is CN(C)C=C(C(=O)c1ccccc1-n1cccn1)C(=O)C1CC1. The zero-order valence-corrected chi connectivity index (χ0v) is 13.3. The Morgan fingerprint density at radius 1 is 1.22 bits per heavy atom. The molecule has 0 N–H and O–H groups in total. The Balaban J connectivity index is 2.03. The molecule has 1 aliphatic rings. The molecule has 5 nitrogen and oxygen atoms in total. The molecule has 1 saturated carbocycles. The smallest absolute Gasteiger partial charge is 0.200 e. The van der Waals surface area contributed by atoms with Gasteiger partial charge in [0.15, 0.2) is 11.6 Å². The van der Waals surface area contributed by atoms with Gasteiger partial charge in [-0.05, 0) is 31.0 Å². The van der Waals surface area contributed by atoms with Crippen molar-refractivity contribution >= 4 is 11.6 Å². The van der Waals surface area contributed by atoms with E-state index in [-0.39, 0.29) is 23.1 Å². The molecule has 0 amide bonds. The molecule has 1 fully saturated rings. The standard InChI is InChI=1S/C18H19N3O2/c1-20(2)12-15(17(22)13-8-9-13)18(23)14-6-3-4-7-16(14)21-11-5-10-19-21/h3-7,10-13H,8-9H2,1-2H3. The lowest BCUT2D eigenvalue weighted by Crippen LogP contribution is -2.20. The number of hydrogen-bond acceptors (Lipinski definition) is 4. The van der Waals surface area contributed by atoms with Crippen LogP contribution in [0, 0.1) is 5.92 Å². The minimum Gasteiger partial charge on any atom is -0.383 e. The first-order valence-electron chi connectivity index (χ1n) is 7.64. The average Bonchev–Trinajstić information content (AvgIpc) is 3.26. The van der Waals surface area contributed by atoms with E-state index < -0.39 is 0 Å². The number of aromatic nitrogens is 2. The van der Waals surface area contributed by atoms with Crippen molar-refractivity contribution in [3.63, 3.8) is 0 Å². The van der Waals surface area contributed by atoms with Gasteiger partial charge < -0.3 is 4.90 Å². The van der Waals surface area contributed by atoms with Gasteiger partial charge in [0.1, 0.15) is 0 Å². The molecule has 0 atom stereocenters. The monoisotopic (exact) mass is 309 g/mol. The number of benzene rings is 1. The maximum absolute atomic E-state index is 13.0. The molecule has 0 aliphatic heterocycles. The van der Waals surface area contributed by atoms with Crippen LogP contribution >= 0.6 is 0 Å². The Bertz CT molecular complexity index is 756. The highest BCUT2D eigenvalue weighted by atomic mass is 16.1. The average molecular weight is 309 g/mol. The molecule has 0 bridgehead atoms. The van der Waals surface area contributed by atoms with Crippen molar-refractivity contribution in [1.29, 1.82) is 0 Å². The lowest BCUT2D eigenvalue weighted by Gasteiger charge is -2.13. The third-order valence-corrected chi connectivity index (χ3v) is 3.75. The summed E-state index contributed by atoms with van der Waals surface area (Å²) >= 11 is 0. The van der Waals surface area contributed by atoms with Gasteiger partial charge in [-0.25, -0.2) is 4.68 Å². The highest BCUT2D eigenvalue weighted by Crippen LogP contribution is 2.33. The van der Waals surface area contributed by atoms with Gasteiger partial charge in [-0.15, -0.1) is 0 Å². The molecule has 3 rings (SSSR count). The highest BCUT2D eigenvalue weighted by Gasteiger charge is 2.35. The summed E-state index contributed by atoms with van der Waals surface area (Å²) in [6, 6.07) is 9.02. The Morgan fingerprint density at radius 2 is 1.96 bits per heavy atom. The summed E-state index contributed by atoms with van der Waals surface area (Å²) in [5.74, 6) is -0.303. The molecule has 1 heterocycles. The van der Waals surface area contributed by atoms with Gasteiger partial charge in [-0.2, -0.15) is 5.10 Å². The first-order chi connectivity index (χ1) is 11.1. The molecule has 118 valence electrons. The van der Waals surface area contributed by atoms with E-state index in [1.807, 2.05) is 26.2 Å². The first-order valence-corrected chi connectivity index (χ1v) is 7.64. The van der Waals surface area contributed by atoms with Gasteiger partial charge in [0.2, 0.25) is 0 Å². The van der Waals surface area contributed by atoms with Crippen molar-refractivity contribution in [3.8, 4) is 5.69 Å². The molecule has 5 heteroatoms. The van der Waals surface area contributed by atoms with Crippen LogP contribution in [0.15, 0.2) is 54.5 Å². The van der Waals surface area contributed by atoms with E-state index in [1.165, 1.54) is 0 Å². The van der Waals surface area contributed by atoms with Gasteiger partial charge in [-0.1, -0.05) is 12.1 Å². The summed E-state index contributed by atoms with van der Waals surface area (Å²) in [5, 5.41) is 4.19. The van der Waals surface area contributed by atoms with Gasteiger partial charge in [0.05, 0.1) is 11.3 Å². The lowest BCUT2D eigenvalue weighted by atomic mass is 9.97. The van der Waals surface area contributed by atoms with E-state index in [0.717, 1.165) is 12.8 Å². The van der Waals surface area contributed by atoms with Crippen molar-refractivity contribution in [2.45, 2.75) is 12.8 Å². The third kappa shape index (κ3) is 3.23. The second kappa shape index (κ2) is 6.20. The number of nitrogens with zero attached hydrogens (tertiary/aromatic N) is 3. The van der Waals surface area contributed by atoms with E-state index in [4.69, 9.17) is 0 Å². The number of para-hydroxylation sites is 1. The van der Waals surface area contributed by atoms with Crippen LogP contribution in [0.1, 0.15) is 23.2 Å². The van der Waals surface area contributed by atoms with E-state index in [1.54, 1.807) is 46.4 Å². The number of Topliss-reactive ketones (excluding diaryl/α,β-unsaturated/α-hetero) is 2. The second-order valence-electron chi connectivity index (χ2n) is 5.94. The Kier molecular flexibility index (Phi) is 4.10. The number of carbonyl (C=O) groups excluding carboxylic acids is 2. The molecular weight excluding hydrogens is 290 g/mol. The predicted molar refractivity (Wildman–Crippen MR) is 87.4 cm³/mol.